The van der Waals surface area contributed by atoms with E-state index >= 15 is 0 Å². The Hall–Kier alpha value is -2.10. The van der Waals surface area contributed by atoms with Crippen LogP contribution in [0.15, 0.2) is 46.9 Å². The molecule has 0 aliphatic heterocycles. The summed E-state index contributed by atoms with van der Waals surface area (Å²) in [5, 5.41) is 1.11. The summed E-state index contributed by atoms with van der Waals surface area (Å²) >= 11 is 0. The quantitative estimate of drug-likeness (QED) is 0.565. The van der Waals surface area contributed by atoms with Gasteiger partial charge < -0.3 is 4.42 Å². The van der Waals surface area contributed by atoms with Crippen molar-refractivity contribution in [1.82, 2.24) is 5.43 Å². The molecule has 0 fully saturated rings. The van der Waals surface area contributed by atoms with Gasteiger partial charge >= 0.3 is 0 Å². The van der Waals surface area contributed by atoms with E-state index in [1.807, 2.05) is 6.07 Å². The summed E-state index contributed by atoms with van der Waals surface area (Å²) in [4.78, 5) is 0. The Labute approximate surface area is 124 Å². The molecule has 3 nitrogen and oxygen atoms in total. The third-order valence-corrected chi connectivity index (χ3v) is 3.79. The van der Waals surface area contributed by atoms with Crippen molar-refractivity contribution >= 4 is 11.0 Å². The zero-order valence-electron chi connectivity index (χ0n) is 12.6. The van der Waals surface area contributed by atoms with Gasteiger partial charge in [-0.15, -0.1) is 0 Å². The monoisotopic (exact) mass is 280 g/mol. The van der Waals surface area contributed by atoms with Crippen LogP contribution in [-0.2, 0) is 0 Å². The molecule has 0 radical (unpaired) electrons. The van der Waals surface area contributed by atoms with Crippen molar-refractivity contribution in [3.05, 3.63) is 70.5 Å². The number of fused-ring (bicyclic) bond motifs is 1. The third kappa shape index (κ3) is 2.58. The van der Waals surface area contributed by atoms with E-state index in [2.05, 4.69) is 62.6 Å². The molecule has 0 spiro atoms. The molecule has 3 aromatic rings. The molecule has 21 heavy (non-hydrogen) atoms. The first-order valence-electron chi connectivity index (χ1n) is 7.12. The lowest BCUT2D eigenvalue weighted by molar-refractivity contribution is 0.476. The van der Waals surface area contributed by atoms with Crippen LogP contribution in [0.5, 0.6) is 0 Å². The number of nitrogens with one attached hydrogen (secondary N) is 1. The fraction of sp³-hybridized carbons (Fsp3) is 0.222. The molecule has 1 unspecified atom stereocenters. The van der Waals surface area contributed by atoms with Crippen LogP contribution < -0.4 is 11.3 Å². The Morgan fingerprint density at radius 2 is 1.71 bits per heavy atom. The van der Waals surface area contributed by atoms with Crippen LogP contribution in [-0.4, -0.2) is 0 Å². The van der Waals surface area contributed by atoms with Gasteiger partial charge in [0, 0.05) is 5.39 Å². The van der Waals surface area contributed by atoms with Crippen molar-refractivity contribution in [3.63, 3.8) is 0 Å². The van der Waals surface area contributed by atoms with E-state index in [1.165, 1.54) is 11.1 Å². The molecule has 0 bridgehead atoms. The average Bonchev–Trinajstić information content (AvgIpc) is 2.83. The van der Waals surface area contributed by atoms with Gasteiger partial charge in [0.1, 0.15) is 17.4 Å². The number of hydrogen-bond acceptors (Lipinski definition) is 3. The van der Waals surface area contributed by atoms with E-state index in [4.69, 9.17) is 10.3 Å². The van der Waals surface area contributed by atoms with Crippen LogP contribution in [0.4, 0.5) is 0 Å². The van der Waals surface area contributed by atoms with E-state index < -0.39 is 0 Å². The molecule has 0 aliphatic carbocycles. The highest BCUT2D eigenvalue weighted by molar-refractivity contribution is 5.81. The van der Waals surface area contributed by atoms with Gasteiger partial charge in [0.15, 0.2) is 0 Å². The Morgan fingerprint density at radius 1 is 1.00 bits per heavy atom. The Balaban J connectivity index is 2.11. The first-order chi connectivity index (χ1) is 10.1. The number of hydrogen-bond donors (Lipinski definition) is 2. The minimum Gasteiger partial charge on any atom is -0.459 e. The fourth-order valence-corrected chi connectivity index (χ4v) is 2.89. The molecule has 3 N–H and O–H groups in total. The molecular formula is C18H20N2O. The first kappa shape index (κ1) is 13.9. The highest BCUT2D eigenvalue weighted by Gasteiger charge is 2.18. The summed E-state index contributed by atoms with van der Waals surface area (Å²) in [7, 11) is 0. The van der Waals surface area contributed by atoms with Gasteiger partial charge in [-0.2, -0.15) is 0 Å². The zero-order chi connectivity index (χ0) is 15.0. The van der Waals surface area contributed by atoms with E-state index in [9.17, 15) is 0 Å². The summed E-state index contributed by atoms with van der Waals surface area (Å²) in [6.07, 6.45) is 0. The predicted octanol–water partition coefficient (Wildman–Crippen LogP) is 3.91. The van der Waals surface area contributed by atoms with Crippen molar-refractivity contribution in [2.75, 3.05) is 0 Å². The molecule has 0 saturated carbocycles. The molecule has 1 atom stereocenters. The van der Waals surface area contributed by atoms with Crippen LogP contribution in [0, 0.1) is 20.8 Å². The van der Waals surface area contributed by atoms with E-state index in [-0.39, 0.29) is 6.04 Å². The first-order valence-corrected chi connectivity index (χ1v) is 7.12. The lowest BCUT2D eigenvalue weighted by Crippen LogP contribution is -2.28. The smallest absolute Gasteiger partial charge is 0.137 e. The van der Waals surface area contributed by atoms with Crippen LogP contribution >= 0.6 is 0 Å². The van der Waals surface area contributed by atoms with E-state index in [1.54, 1.807) is 0 Å². The Morgan fingerprint density at radius 3 is 2.33 bits per heavy atom. The molecule has 1 aromatic heterocycles. The van der Waals surface area contributed by atoms with Crippen LogP contribution in [0.2, 0.25) is 0 Å². The van der Waals surface area contributed by atoms with Gasteiger partial charge in [-0.1, -0.05) is 47.5 Å². The predicted molar refractivity (Wildman–Crippen MR) is 86.0 cm³/mol. The van der Waals surface area contributed by atoms with Crippen molar-refractivity contribution in [3.8, 4) is 0 Å². The highest BCUT2D eigenvalue weighted by Crippen LogP contribution is 2.30. The lowest BCUT2D eigenvalue weighted by atomic mass is 10.00. The second kappa shape index (κ2) is 5.35. The number of benzene rings is 2. The van der Waals surface area contributed by atoms with Crippen molar-refractivity contribution in [1.29, 1.82) is 0 Å². The molecule has 3 heteroatoms. The number of para-hydroxylation sites is 1. The number of aryl methyl sites for hydroxylation is 3. The number of hydrazine groups is 1. The van der Waals surface area contributed by atoms with Crippen LogP contribution in [0.25, 0.3) is 11.0 Å². The zero-order valence-corrected chi connectivity index (χ0v) is 12.6. The topological polar surface area (TPSA) is 51.2 Å². The summed E-state index contributed by atoms with van der Waals surface area (Å²) in [6, 6.07) is 14.5. The standard InChI is InChI=1S/C18H20N2O/c1-11-7-12(2)9-15(8-11)17(20-19)16-10-14-6-4-5-13(3)18(14)21-16/h4-10,17,20H,19H2,1-3H3. The van der Waals surface area contributed by atoms with E-state index in [0.29, 0.717) is 0 Å². The molecule has 2 aromatic carbocycles. The van der Waals surface area contributed by atoms with Gasteiger partial charge in [-0.3, -0.25) is 5.84 Å². The third-order valence-electron chi connectivity index (χ3n) is 3.79. The second-order valence-corrected chi connectivity index (χ2v) is 5.66. The highest BCUT2D eigenvalue weighted by atomic mass is 16.3. The summed E-state index contributed by atoms with van der Waals surface area (Å²) in [5.74, 6) is 6.63. The minimum atomic E-state index is -0.143. The molecule has 3 rings (SSSR count). The largest absolute Gasteiger partial charge is 0.459 e. The van der Waals surface area contributed by atoms with Gasteiger partial charge in [0.2, 0.25) is 0 Å². The summed E-state index contributed by atoms with van der Waals surface area (Å²) in [6.45, 7) is 6.23. The molecule has 108 valence electrons. The molecule has 0 amide bonds. The maximum atomic E-state index is 6.04. The van der Waals surface area contributed by atoms with Crippen molar-refractivity contribution < 1.29 is 4.42 Å². The molecule has 0 saturated heterocycles. The average molecular weight is 280 g/mol. The SMILES string of the molecule is Cc1cc(C)cc(C(NN)c2cc3cccc(C)c3o2)c1. The molecular weight excluding hydrogens is 260 g/mol. The Kier molecular flexibility index (Phi) is 3.53. The maximum absolute atomic E-state index is 6.04. The lowest BCUT2D eigenvalue weighted by Gasteiger charge is -2.15. The maximum Gasteiger partial charge on any atom is 0.137 e. The Bertz CT molecular complexity index is 769. The molecule has 0 aliphatic rings. The van der Waals surface area contributed by atoms with Crippen LogP contribution in [0.1, 0.15) is 34.1 Å². The van der Waals surface area contributed by atoms with Gasteiger partial charge in [0.05, 0.1) is 0 Å². The van der Waals surface area contributed by atoms with Crippen molar-refractivity contribution in [2.45, 2.75) is 26.8 Å². The van der Waals surface area contributed by atoms with E-state index in [0.717, 1.165) is 27.9 Å². The number of nitrogens with two attached hydrogens (primary N) is 1. The second-order valence-electron chi connectivity index (χ2n) is 5.66. The number of rotatable bonds is 3. The summed E-state index contributed by atoms with van der Waals surface area (Å²) in [5.41, 5.74) is 8.50. The summed E-state index contributed by atoms with van der Waals surface area (Å²) < 4.78 is 6.04. The van der Waals surface area contributed by atoms with Gasteiger partial charge in [0.25, 0.3) is 0 Å². The molecule has 1 heterocycles. The van der Waals surface area contributed by atoms with Gasteiger partial charge in [-0.05, 0) is 38.0 Å². The van der Waals surface area contributed by atoms with Crippen LogP contribution in [0.3, 0.4) is 0 Å². The van der Waals surface area contributed by atoms with Gasteiger partial charge in [-0.25, -0.2) is 5.43 Å². The van der Waals surface area contributed by atoms with Crippen molar-refractivity contribution in [2.24, 2.45) is 5.84 Å². The fourth-order valence-electron chi connectivity index (χ4n) is 2.89. The minimum absolute atomic E-state index is 0.143. The normalized spacial score (nSPS) is 12.8. The number of furan rings is 1.